The first-order valence-corrected chi connectivity index (χ1v) is 12.0. The fraction of sp³-hybridized carbons (Fsp3) is 0.700. The molecular formula is C20H33N5O3S. The third kappa shape index (κ3) is 5.46. The van der Waals surface area contributed by atoms with E-state index < -0.39 is 9.84 Å². The molecule has 2 aromatic rings. The third-order valence-electron chi connectivity index (χ3n) is 5.29. The van der Waals surface area contributed by atoms with Crippen molar-refractivity contribution in [2.75, 3.05) is 26.0 Å². The Bertz CT molecular complexity index is 913. The molecule has 1 unspecified atom stereocenters. The van der Waals surface area contributed by atoms with E-state index >= 15 is 0 Å². The minimum absolute atomic E-state index is 0.0542. The van der Waals surface area contributed by atoms with Gasteiger partial charge in [-0.3, -0.25) is 9.58 Å². The Labute approximate surface area is 173 Å². The Kier molecular flexibility index (Phi) is 7.13. The van der Waals surface area contributed by atoms with Gasteiger partial charge in [0.2, 0.25) is 15.0 Å². The van der Waals surface area contributed by atoms with Gasteiger partial charge in [0.05, 0.1) is 42.5 Å². The lowest BCUT2D eigenvalue weighted by molar-refractivity contribution is 0.0934. The molecule has 0 amide bonds. The van der Waals surface area contributed by atoms with Gasteiger partial charge in [-0.05, 0) is 46.2 Å². The highest BCUT2D eigenvalue weighted by Crippen LogP contribution is 2.21. The van der Waals surface area contributed by atoms with E-state index in [-0.39, 0.29) is 17.0 Å². The summed E-state index contributed by atoms with van der Waals surface area (Å²) in [5, 5.41) is 4.69. The zero-order chi connectivity index (χ0) is 21.0. The van der Waals surface area contributed by atoms with Crippen molar-refractivity contribution in [2.45, 2.75) is 70.9 Å². The Morgan fingerprint density at radius 1 is 1.34 bits per heavy atom. The monoisotopic (exact) mass is 423 g/mol. The number of nitrogens with zero attached hydrogens (tertiary/aromatic N) is 5. The summed E-state index contributed by atoms with van der Waals surface area (Å²) in [6.07, 6.45) is 4.32. The van der Waals surface area contributed by atoms with Gasteiger partial charge in [0.15, 0.2) is 0 Å². The molecule has 2 aromatic heterocycles. The van der Waals surface area contributed by atoms with Crippen LogP contribution in [0.25, 0.3) is 0 Å². The smallest absolute Gasteiger partial charge is 0.227 e. The number of ether oxygens (including phenoxy) is 1. The van der Waals surface area contributed by atoms with Gasteiger partial charge in [0, 0.05) is 25.4 Å². The van der Waals surface area contributed by atoms with Crippen molar-refractivity contribution in [2.24, 2.45) is 0 Å². The van der Waals surface area contributed by atoms with Crippen molar-refractivity contribution < 1.29 is 13.2 Å². The molecule has 0 spiro atoms. The van der Waals surface area contributed by atoms with Gasteiger partial charge in [-0.2, -0.15) is 5.10 Å². The van der Waals surface area contributed by atoms with Gasteiger partial charge in [-0.15, -0.1) is 0 Å². The quantitative estimate of drug-likeness (QED) is 0.583. The fourth-order valence-corrected chi connectivity index (χ4v) is 5.30. The summed E-state index contributed by atoms with van der Waals surface area (Å²) in [6, 6.07) is 2.07. The summed E-state index contributed by atoms with van der Waals surface area (Å²) in [6.45, 7) is 9.43. The molecule has 0 bridgehead atoms. The molecule has 3 heterocycles. The van der Waals surface area contributed by atoms with Crippen LogP contribution in [0, 0.1) is 13.8 Å². The second kappa shape index (κ2) is 9.40. The minimum atomic E-state index is -3.39. The van der Waals surface area contributed by atoms with Crippen molar-refractivity contribution in [3.63, 3.8) is 0 Å². The van der Waals surface area contributed by atoms with E-state index in [2.05, 4.69) is 28.0 Å². The second-order valence-corrected chi connectivity index (χ2v) is 9.99. The van der Waals surface area contributed by atoms with Crippen molar-refractivity contribution in [1.82, 2.24) is 24.2 Å². The molecule has 9 heteroatoms. The molecule has 1 atom stereocenters. The molecule has 1 aliphatic heterocycles. The first kappa shape index (κ1) is 22.0. The Morgan fingerprint density at radius 2 is 2.14 bits per heavy atom. The molecule has 1 fully saturated rings. The number of hydrogen-bond donors (Lipinski definition) is 0. The summed E-state index contributed by atoms with van der Waals surface area (Å²) in [5.74, 6) is 0.114. The van der Waals surface area contributed by atoms with E-state index in [1.165, 1.54) is 0 Å². The van der Waals surface area contributed by atoms with Crippen LogP contribution in [0.15, 0.2) is 17.4 Å². The highest BCUT2D eigenvalue weighted by atomic mass is 32.2. The van der Waals surface area contributed by atoms with Crippen LogP contribution in [0.1, 0.15) is 43.3 Å². The van der Waals surface area contributed by atoms with Crippen LogP contribution in [0.3, 0.4) is 0 Å². The lowest BCUT2D eigenvalue weighted by atomic mass is 10.2. The van der Waals surface area contributed by atoms with Crippen molar-refractivity contribution >= 4 is 9.84 Å². The summed E-state index contributed by atoms with van der Waals surface area (Å²) in [4.78, 5) is 6.49. The number of aromatic nitrogens is 4. The minimum Gasteiger partial charge on any atom is -0.376 e. The largest absolute Gasteiger partial charge is 0.376 e. The van der Waals surface area contributed by atoms with Crippen LogP contribution in [0.4, 0.5) is 0 Å². The van der Waals surface area contributed by atoms with Crippen LogP contribution < -0.4 is 0 Å². The van der Waals surface area contributed by atoms with Gasteiger partial charge in [-0.1, -0.05) is 6.92 Å². The molecule has 0 radical (unpaired) electrons. The van der Waals surface area contributed by atoms with Crippen molar-refractivity contribution in [1.29, 1.82) is 0 Å². The SMILES string of the molecule is CCCS(=O)(=O)c1ncc(CN(C)CCn2nc(C)cc2C)n1CC1CCCO1. The summed E-state index contributed by atoms with van der Waals surface area (Å²) in [7, 11) is -1.36. The van der Waals surface area contributed by atoms with Crippen LogP contribution in [0.5, 0.6) is 0 Å². The number of hydrogen-bond acceptors (Lipinski definition) is 6. The van der Waals surface area contributed by atoms with Crippen LogP contribution in [0.2, 0.25) is 0 Å². The molecule has 0 aromatic carbocycles. The number of aryl methyl sites for hydroxylation is 2. The zero-order valence-electron chi connectivity index (χ0n) is 18.0. The molecule has 1 saturated heterocycles. The lowest BCUT2D eigenvalue weighted by Gasteiger charge is -2.20. The zero-order valence-corrected chi connectivity index (χ0v) is 18.8. The van der Waals surface area contributed by atoms with Gasteiger partial charge < -0.3 is 9.30 Å². The van der Waals surface area contributed by atoms with Gasteiger partial charge in [-0.25, -0.2) is 13.4 Å². The maximum atomic E-state index is 12.7. The molecule has 0 N–H and O–H groups in total. The standard InChI is InChI=1S/C20H33N5O3S/c1-5-11-29(26,27)20-21-13-18(24(20)15-19-7-6-10-28-19)14-23(4)8-9-25-17(3)12-16(2)22-25/h12-13,19H,5-11,14-15H2,1-4H3. The average molecular weight is 424 g/mol. The van der Waals surface area contributed by atoms with Gasteiger partial charge in [0.1, 0.15) is 0 Å². The topological polar surface area (TPSA) is 82.3 Å². The van der Waals surface area contributed by atoms with Crippen LogP contribution in [-0.4, -0.2) is 64.7 Å². The van der Waals surface area contributed by atoms with Gasteiger partial charge >= 0.3 is 0 Å². The number of sulfone groups is 1. The van der Waals surface area contributed by atoms with E-state index in [0.717, 1.165) is 49.6 Å². The molecule has 0 aliphatic carbocycles. The highest BCUT2D eigenvalue weighted by molar-refractivity contribution is 7.91. The van der Waals surface area contributed by atoms with Crippen molar-refractivity contribution in [3.8, 4) is 0 Å². The maximum Gasteiger partial charge on any atom is 0.227 e. The predicted octanol–water partition coefficient (Wildman–Crippen LogP) is 2.19. The average Bonchev–Trinajstić information content (AvgIpc) is 3.36. The predicted molar refractivity (Wildman–Crippen MR) is 112 cm³/mol. The van der Waals surface area contributed by atoms with E-state index in [1.807, 2.05) is 30.1 Å². The lowest BCUT2D eigenvalue weighted by Crippen LogP contribution is -2.27. The molecule has 0 saturated carbocycles. The molecule has 162 valence electrons. The maximum absolute atomic E-state index is 12.7. The van der Waals surface area contributed by atoms with E-state index in [0.29, 0.717) is 19.5 Å². The molecular weight excluding hydrogens is 390 g/mol. The Balaban J connectivity index is 1.74. The number of imidazole rings is 1. The first-order chi connectivity index (χ1) is 13.8. The van der Waals surface area contributed by atoms with Gasteiger partial charge in [0.25, 0.3) is 0 Å². The number of rotatable bonds is 10. The molecule has 3 rings (SSSR count). The van der Waals surface area contributed by atoms with E-state index in [1.54, 1.807) is 6.20 Å². The summed E-state index contributed by atoms with van der Waals surface area (Å²) in [5.41, 5.74) is 3.07. The van der Waals surface area contributed by atoms with Crippen molar-refractivity contribution in [3.05, 3.63) is 29.3 Å². The Hall–Kier alpha value is -1.71. The second-order valence-electron chi connectivity index (χ2n) is 7.98. The first-order valence-electron chi connectivity index (χ1n) is 10.4. The summed E-state index contributed by atoms with van der Waals surface area (Å²) >= 11 is 0. The highest BCUT2D eigenvalue weighted by Gasteiger charge is 2.26. The molecule has 8 nitrogen and oxygen atoms in total. The normalized spacial score (nSPS) is 17.5. The van der Waals surface area contributed by atoms with Crippen LogP contribution >= 0.6 is 0 Å². The fourth-order valence-electron chi connectivity index (χ4n) is 3.84. The third-order valence-corrected chi connectivity index (χ3v) is 7.12. The Morgan fingerprint density at radius 3 is 2.76 bits per heavy atom. The molecule has 29 heavy (non-hydrogen) atoms. The van der Waals surface area contributed by atoms with Crippen LogP contribution in [-0.2, 0) is 34.2 Å². The summed E-state index contributed by atoms with van der Waals surface area (Å²) < 4.78 is 35.1. The van der Waals surface area contributed by atoms with E-state index in [9.17, 15) is 8.42 Å². The molecule has 1 aliphatic rings. The van der Waals surface area contributed by atoms with E-state index in [4.69, 9.17) is 4.74 Å². The number of likely N-dealkylation sites (N-methyl/N-ethyl adjacent to an activating group) is 1.